The topological polar surface area (TPSA) is 12.0 Å². The first-order chi connectivity index (χ1) is 8.38. The van der Waals surface area contributed by atoms with Crippen LogP contribution in [0.25, 0.3) is 0 Å². The number of nitrogens with one attached hydrogen (secondary N) is 1. The molecule has 0 spiro atoms. The molecule has 2 saturated carbocycles. The predicted molar refractivity (Wildman–Crippen MR) is 78.8 cm³/mol. The van der Waals surface area contributed by atoms with Crippen molar-refractivity contribution < 1.29 is 0 Å². The van der Waals surface area contributed by atoms with Crippen LogP contribution in [-0.4, -0.2) is 23.6 Å². The van der Waals surface area contributed by atoms with Gasteiger partial charge in [0.1, 0.15) is 0 Å². The minimum Gasteiger partial charge on any atom is -0.313 e. The molecule has 0 amide bonds. The quantitative estimate of drug-likeness (QED) is 0.731. The fraction of sp³-hybridized carbons (Fsp3) is 1.00. The van der Waals surface area contributed by atoms with E-state index in [4.69, 9.17) is 0 Å². The molecule has 17 heavy (non-hydrogen) atoms. The molecular formula is C15H29NS. The standard InChI is InChI=1S/C15H29NS/c1-2-16-14(11-13-7-3-4-8-13)12-17-15-9-5-6-10-15/h13-16H,2-12H2,1H3. The third kappa shape index (κ3) is 4.82. The first-order valence-corrected chi connectivity index (χ1v) is 8.78. The summed E-state index contributed by atoms with van der Waals surface area (Å²) in [7, 11) is 0. The summed E-state index contributed by atoms with van der Waals surface area (Å²) < 4.78 is 0. The van der Waals surface area contributed by atoms with Gasteiger partial charge in [0, 0.05) is 17.0 Å². The van der Waals surface area contributed by atoms with E-state index in [0.717, 1.165) is 23.8 Å². The third-order valence-electron chi connectivity index (χ3n) is 4.42. The highest BCUT2D eigenvalue weighted by molar-refractivity contribution is 7.99. The summed E-state index contributed by atoms with van der Waals surface area (Å²) in [5.41, 5.74) is 0. The molecule has 0 aromatic rings. The van der Waals surface area contributed by atoms with Gasteiger partial charge in [0.2, 0.25) is 0 Å². The van der Waals surface area contributed by atoms with Gasteiger partial charge in [0.15, 0.2) is 0 Å². The molecule has 100 valence electrons. The summed E-state index contributed by atoms with van der Waals surface area (Å²) in [6.07, 6.45) is 13.3. The van der Waals surface area contributed by atoms with Crippen molar-refractivity contribution in [2.24, 2.45) is 5.92 Å². The van der Waals surface area contributed by atoms with E-state index in [-0.39, 0.29) is 0 Å². The van der Waals surface area contributed by atoms with Gasteiger partial charge in [-0.3, -0.25) is 0 Å². The molecule has 2 rings (SSSR count). The van der Waals surface area contributed by atoms with Crippen molar-refractivity contribution in [2.75, 3.05) is 12.3 Å². The van der Waals surface area contributed by atoms with E-state index in [9.17, 15) is 0 Å². The van der Waals surface area contributed by atoms with E-state index in [1.165, 1.54) is 63.5 Å². The summed E-state index contributed by atoms with van der Waals surface area (Å²) in [5, 5.41) is 4.70. The zero-order valence-corrected chi connectivity index (χ0v) is 12.2. The van der Waals surface area contributed by atoms with Gasteiger partial charge in [-0.05, 0) is 31.7 Å². The van der Waals surface area contributed by atoms with Crippen LogP contribution in [0.4, 0.5) is 0 Å². The maximum Gasteiger partial charge on any atom is 0.0160 e. The van der Waals surface area contributed by atoms with Crippen LogP contribution in [0.15, 0.2) is 0 Å². The molecule has 2 fully saturated rings. The molecule has 0 aliphatic heterocycles. The van der Waals surface area contributed by atoms with Crippen LogP contribution in [0.2, 0.25) is 0 Å². The van der Waals surface area contributed by atoms with Gasteiger partial charge in [0.05, 0.1) is 0 Å². The average Bonchev–Trinajstić information content (AvgIpc) is 2.99. The number of thioether (sulfide) groups is 1. The van der Waals surface area contributed by atoms with Crippen LogP contribution in [-0.2, 0) is 0 Å². The van der Waals surface area contributed by atoms with Crippen LogP contribution < -0.4 is 5.32 Å². The largest absolute Gasteiger partial charge is 0.313 e. The molecule has 1 atom stereocenters. The number of hydrogen-bond acceptors (Lipinski definition) is 2. The Morgan fingerprint density at radius 2 is 1.71 bits per heavy atom. The molecule has 0 saturated heterocycles. The molecule has 2 aliphatic carbocycles. The summed E-state index contributed by atoms with van der Waals surface area (Å²) in [6, 6.07) is 0.786. The highest BCUT2D eigenvalue weighted by Crippen LogP contribution is 2.32. The van der Waals surface area contributed by atoms with Gasteiger partial charge in [0.25, 0.3) is 0 Å². The summed E-state index contributed by atoms with van der Waals surface area (Å²) in [4.78, 5) is 0. The Hall–Kier alpha value is 0.310. The summed E-state index contributed by atoms with van der Waals surface area (Å²) in [6.45, 7) is 3.39. The van der Waals surface area contributed by atoms with Crippen molar-refractivity contribution in [3.8, 4) is 0 Å². The molecule has 0 bridgehead atoms. The second-order valence-corrected chi connectivity index (χ2v) is 7.21. The molecule has 1 unspecified atom stereocenters. The van der Waals surface area contributed by atoms with Crippen molar-refractivity contribution in [2.45, 2.75) is 76.0 Å². The molecule has 2 heteroatoms. The lowest BCUT2D eigenvalue weighted by atomic mass is 9.99. The molecule has 1 N–H and O–H groups in total. The van der Waals surface area contributed by atoms with Crippen LogP contribution in [0.5, 0.6) is 0 Å². The van der Waals surface area contributed by atoms with Gasteiger partial charge in [-0.1, -0.05) is 45.4 Å². The molecule has 0 aromatic carbocycles. The SMILES string of the molecule is CCNC(CSC1CCCC1)CC1CCCC1. The lowest BCUT2D eigenvalue weighted by molar-refractivity contribution is 0.415. The molecule has 1 nitrogen and oxygen atoms in total. The minimum atomic E-state index is 0.786. The van der Waals surface area contributed by atoms with Gasteiger partial charge < -0.3 is 5.32 Å². The highest BCUT2D eigenvalue weighted by Gasteiger charge is 2.22. The Balaban J connectivity index is 1.67. The Morgan fingerprint density at radius 1 is 1.06 bits per heavy atom. The summed E-state index contributed by atoms with van der Waals surface area (Å²) in [5.74, 6) is 2.39. The van der Waals surface area contributed by atoms with E-state index in [1.54, 1.807) is 0 Å². The van der Waals surface area contributed by atoms with Crippen LogP contribution in [0.1, 0.15) is 64.7 Å². The van der Waals surface area contributed by atoms with Crippen LogP contribution in [0.3, 0.4) is 0 Å². The van der Waals surface area contributed by atoms with Gasteiger partial charge in [-0.2, -0.15) is 11.8 Å². The average molecular weight is 255 g/mol. The molecule has 2 aliphatic rings. The van der Waals surface area contributed by atoms with E-state index in [1.807, 2.05) is 0 Å². The maximum absolute atomic E-state index is 3.71. The number of rotatable bonds is 7. The van der Waals surface area contributed by atoms with Gasteiger partial charge in [-0.25, -0.2) is 0 Å². The van der Waals surface area contributed by atoms with Gasteiger partial charge >= 0.3 is 0 Å². The predicted octanol–water partition coefficient (Wildman–Crippen LogP) is 4.22. The van der Waals surface area contributed by atoms with Crippen molar-refractivity contribution >= 4 is 11.8 Å². The van der Waals surface area contributed by atoms with Crippen molar-refractivity contribution in [1.82, 2.24) is 5.32 Å². The molecular weight excluding hydrogens is 226 g/mol. The van der Waals surface area contributed by atoms with E-state index >= 15 is 0 Å². The minimum absolute atomic E-state index is 0.786. The lowest BCUT2D eigenvalue weighted by Crippen LogP contribution is -2.33. The van der Waals surface area contributed by atoms with Crippen LogP contribution >= 0.6 is 11.8 Å². The second-order valence-electron chi connectivity index (χ2n) is 5.88. The summed E-state index contributed by atoms with van der Waals surface area (Å²) >= 11 is 2.25. The third-order valence-corrected chi connectivity index (χ3v) is 5.96. The number of hydrogen-bond donors (Lipinski definition) is 1. The Bertz CT molecular complexity index is 195. The van der Waals surface area contributed by atoms with E-state index in [0.29, 0.717) is 0 Å². The van der Waals surface area contributed by atoms with E-state index in [2.05, 4.69) is 24.0 Å². The van der Waals surface area contributed by atoms with Crippen molar-refractivity contribution in [3.05, 3.63) is 0 Å². The second kappa shape index (κ2) is 7.68. The Kier molecular flexibility index (Phi) is 6.21. The normalized spacial score (nSPS) is 24.5. The fourth-order valence-electron chi connectivity index (χ4n) is 3.45. The molecule has 0 radical (unpaired) electrons. The Morgan fingerprint density at radius 3 is 2.35 bits per heavy atom. The highest BCUT2D eigenvalue weighted by atomic mass is 32.2. The first-order valence-electron chi connectivity index (χ1n) is 7.73. The van der Waals surface area contributed by atoms with Gasteiger partial charge in [-0.15, -0.1) is 0 Å². The van der Waals surface area contributed by atoms with E-state index < -0.39 is 0 Å². The Labute approximate surface area is 112 Å². The maximum atomic E-state index is 3.71. The fourth-order valence-corrected chi connectivity index (χ4v) is 4.88. The first kappa shape index (κ1) is 13.7. The van der Waals surface area contributed by atoms with Crippen molar-refractivity contribution in [3.63, 3.8) is 0 Å². The van der Waals surface area contributed by atoms with Crippen molar-refractivity contribution in [1.29, 1.82) is 0 Å². The smallest absolute Gasteiger partial charge is 0.0160 e. The lowest BCUT2D eigenvalue weighted by Gasteiger charge is -2.22. The zero-order chi connectivity index (χ0) is 11.9. The molecule has 0 heterocycles. The van der Waals surface area contributed by atoms with Crippen LogP contribution in [0, 0.1) is 5.92 Å². The monoisotopic (exact) mass is 255 g/mol. The zero-order valence-electron chi connectivity index (χ0n) is 11.4. The molecule has 0 aromatic heterocycles.